The van der Waals surface area contributed by atoms with E-state index in [1.807, 2.05) is 63.2 Å². The van der Waals surface area contributed by atoms with Crippen molar-refractivity contribution in [2.45, 2.75) is 53.1 Å². The first kappa shape index (κ1) is 27.9. The van der Waals surface area contributed by atoms with Gasteiger partial charge in [0.05, 0.1) is 11.9 Å². The Morgan fingerprint density at radius 3 is 2.32 bits per heavy atom. The number of benzene rings is 2. The average molecular weight is 553 g/mol. The molecule has 0 aliphatic rings. The van der Waals surface area contributed by atoms with Gasteiger partial charge in [-0.3, -0.25) is 13.9 Å². The Hall–Kier alpha value is -2.39. The minimum Gasteiger partial charge on any atom is -0.355 e. The molecule has 0 radical (unpaired) electrons. The normalized spacial score (nSPS) is 12.2. The van der Waals surface area contributed by atoms with Crippen LogP contribution in [0, 0.1) is 13.8 Å². The summed E-state index contributed by atoms with van der Waals surface area (Å²) in [5, 5.41) is 2.77. The zero-order valence-electron chi connectivity index (χ0n) is 20.5. The fraction of sp³-hybridized carbons (Fsp3) is 0.440. The van der Waals surface area contributed by atoms with E-state index >= 15 is 0 Å². The number of nitrogens with one attached hydrogen (secondary N) is 1. The average Bonchev–Trinajstić information content (AvgIpc) is 2.77. The highest BCUT2D eigenvalue weighted by atomic mass is 79.9. The summed E-state index contributed by atoms with van der Waals surface area (Å²) < 4.78 is 27.3. The third kappa shape index (κ3) is 7.84. The van der Waals surface area contributed by atoms with Crippen LogP contribution < -0.4 is 9.62 Å². The van der Waals surface area contributed by atoms with Crippen molar-refractivity contribution < 1.29 is 18.0 Å². The van der Waals surface area contributed by atoms with Crippen LogP contribution in [0.1, 0.15) is 43.4 Å². The second-order valence-electron chi connectivity index (χ2n) is 8.45. The zero-order chi connectivity index (χ0) is 25.5. The van der Waals surface area contributed by atoms with Crippen LogP contribution in [0.3, 0.4) is 0 Å². The van der Waals surface area contributed by atoms with Gasteiger partial charge < -0.3 is 10.2 Å². The van der Waals surface area contributed by atoms with Crippen molar-refractivity contribution in [3.05, 3.63) is 63.6 Å². The van der Waals surface area contributed by atoms with Crippen molar-refractivity contribution in [1.82, 2.24) is 10.2 Å². The number of carbonyl (C=O) groups excluding carboxylic acids is 2. The zero-order valence-corrected chi connectivity index (χ0v) is 22.9. The molecule has 2 amide bonds. The van der Waals surface area contributed by atoms with Crippen LogP contribution in [-0.2, 0) is 26.2 Å². The maximum absolute atomic E-state index is 13.2. The van der Waals surface area contributed by atoms with Gasteiger partial charge in [-0.25, -0.2) is 8.42 Å². The quantitative estimate of drug-likeness (QED) is 0.454. The molecule has 1 atom stereocenters. The fourth-order valence-corrected chi connectivity index (χ4v) is 4.94. The van der Waals surface area contributed by atoms with Crippen molar-refractivity contribution in [2.24, 2.45) is 0 Å². The molecule has 9 heteroatoms. The van der Waals surface area contributed by atoms with Crippen LogP contribution in [0.4, 0.5) is 5.69 Å². The molecule has 0 saturated heterocycles. The van der Waals surface area contributed by atoms with Gasteiger partial charge in [-0.05, 0) is 69.0 Å². The fourth-order valence-electron chi connectivity index (χ4n) is 3.66. The summed E-state index contributed by atoms with van der Waals surface area (Å²) in [6.07, 6.45) is 1.63. The summed E-state index contributed by atoms with van der Waals surface area (Å²) in [6.45, 7) is 8.26. The number of halogens is 1. The molecule has 34 heavy (non-hydrogen) atoms. The highest BCUT2D eigenvalue weighted by Crippen LogP contribution is 2.24. The Bertz CT molecular complexity index is 1100. The first-order valence-corrected chi connectivity index (χ1v) is 13.9. The van der Waals surface area contributed by atoms with Crippen molar-refractivity contribution in [3.8, 4) is 0 Å². The lowest BCUT2D eigenvalue weighted by Crippen LogP contribution is -2.47. The van der Waals surface area contributed by atoms with E-state index in [1.165, 1.54) is 10.6 Å². The standard InChI is InChI=1S/C25H34BrN3O4S/c1-6-27-25(31)20(4)28(17-21-11-13-22(26)14-12-21)24(30)8-7-15-29(34(5,32)33)23-16-18(2)9-10-19(23)3/h9-14,16,20H,6-8,15,17H2,1-5H3,(H,27,31)/t20-/m0/s1. The summed E-state index contributed by atoms with van der Waals surface area (Å²) in [5.74, 6) is -0.419. The molecule has 1 N–H and O–H groups in total. The van der Waals surface area contributed by atoms with Crippen LogP contribution >= 0.6 is 15.9 Å². The first-order valence-electron chi connectivity index (χ1n) is 11.3. The van der Waals surface area contributed by atoms with Gasteiger partial charge >= 0.3 is 0 Å². The van der Waals surface area contributed by atoms with Crippen molar-refractivity contribution >= 4 is 43.5 Å². The minimum absolute atomic E-state index is 0.122. The molecule has 0 saturated carbocycles. The second-order valence-corrected chi connectivity index (χ2v) is 11.3. The predicted octanol–water partition coefficient (Wildman–Crippen LogP) is 4.17. The Morgan fingerprint density at radius 1 is 1.09 bits per heavy atom. The van der Waals surface area contributed by atoms with Crippen molar-refractivity contribution in [3.63, 3.8) is 0 Å². The number of carbonyl (C=O) groups is 2. The van der Waals surface area contributed by atoms with E-state index in [9.17, 15) is 18.0 Å². The van der Waals surface area contributed by atoms with Gasteiger partial charge in [-0.15, -0.1) is 0 Å². The van der Waals surface area contributed by atoms with E-state index in [0.29, 0.717) is 18.7 Å². The number of likely N-dealkylation sites (N-methyl/N-ethyl adjacent to an activating group) is 1. The predicted molar refractivity (Wildman–Crippen MR) is 140 cm³/mol. The van der Waals surface area contributed by atoms with E-state index in [4.69, 9.17) is 0 Å². The second kappa shape index (κ2) is 12.4. The molecule has 186 valence electrons. The van der Waals surface area contributed by atoms with Gasteiger partial charge in [0.15, 0.2) is 0 Å². The SMILES string of the molecule is CCNC(=O)[C@H](C)N(Cc1ccc(Br)cc1)C(=O)CCCN(c1cc(C)ccc1C)S(C)(=O)=O. The van der Waals surface area contributed by atoms with Gasteiger partial charge in [0.2, 0.25) is 21.8 Å². The highest BCUT2D eigenvalue weighted by molar-refractivity contribution is 9.10. The molecule has 2 rings (SSSR count). The molecule has 0 aliphatic carbocycles. The molecular formula is C25H34BrN3O4S. The maximum atomic E-state index is 13.2. The molecule has 0 bridgehead atoms. The number of anilines is 1. The smallest absolute Gasteiger partial charge is 0.242 e. The Balaban J connectivity index is 2.18. The summed E-state index contributed by atoms with van der Waals surface area (Å²) in [6, 6.07) is 12.6. The molecule has 0 spiro atoms. The maximum Gasteiger partial charge on any atom is 0.242 e. The summed E-state index contributed by atoms with van der Waals surface area (Å²) in [5.41, 5.74) is 3.34. The Morgan fingerprint density at radius 2 is 1.74 bits per heavy atom. The number of aryl methyl sites for hydroxylation is 2. The number of sulfonamides is 1. The number of nitrogens with zero attached hydrogens (tertiary/aromatic N) is 2. The molecule has 0 aliphatic heterocycles. The molecule has 2 aromatic rings. The molecule has 0 heterocycles. The summed E-state index contributed by atoms with van der Waals surface area (Å²) in [7, 11) is -3.53. The summed E-state index contributed by atoms with van der Waals surface area (Å²) >= 11 is 3.41. The minimum atomic E-state index is -3.53. The third-order valence-corrected chi connectivity index (χ3v) is 7.28. The van der Waals surface area contributed by atoms with E-state index in [0.717, 1.165) is 21.2 Å². The molecule has 7 nitrogen and oxygen atoms in total. The van der Waals surface area contributed by atoms with Gasteiger partial charge in [0.1, 0.15) is 6.04 Å². The van der Waals surface area contributed by atoms with E-state index in [2.05, 4.69) is 21.2 Å². The largest absolute Gasteiger partial charge is 0.355 e. The number of hydrogen-bond donors (Lipinski definition) is 1. The molecule has 0 aromatic heterocycles. The van der Waals surface area contributed by atoms with Gasteiger partial charge in [0, 0.05) is 30.5 Å². The number of hydrogen-bond acceptors (Lipinski definition) is 4. The van der Waals surface area contributed by atoms with Crippen LogP contribution in [0.2, 0.25) is 0 Å². The Labute approximate surface area is 211 Å². The number of amides is 2. The van der Waals surface area contributed by atoms with Crippen LogP contribution in [0.25, 0.3) is 0 Å². The van der Waals surface area contributed by atoms with Gasteiger partial charge in [0.25, 0.3) is 0 Å². The molecule has 2 aromatic carbocycles. The monoisotopic (exact) mass is 551 g/mol. The van der Waals surface area contributed by atoms with Crippen LogP contribution in [-0.4, -0.2) is 50.5 Å². The molecule has 0 unspecified atom stereocenters. The lowest BCUT2D eigenvalue weighted by atomic mass is 10.1. The third-order valence-electron chi connectivity index (χ3n) is 5.57. The molecule has 0 fully saturated rings. The van der Waals surface area contributed by atoms with Gasteiger partial charge in [-0.1, -0.05) is 40.2 Å². The van der Waals surface area contributed by atoms with Crippen LogP contribution in [0.15, 0.2) is 46.9 Å². The van der Waals surface area contributed by atoms with E-state index in [-0.39, 0.29) is 31.3 Å². The van der Waals surface area contributed by atoms with E-state index < -0.39 is 16.1 Å². The highest BCUT2D eigenvalue weighted by Gasteiger charge is 2.26. The van der Waals surface area contributed by atoms with E-state index in [1.54, 1.807) is 11.8 Å². The lowest BCUT2D eigenvalue weighted by Gasteiger charge is -2.29. The number of rotatable bonds is 11. The van der Waals surface area contributed by atoms with Gasteiger partial charge in [-0.2, -0.15) is 0 Å². The molecular weight excluding hydrogens is 518 g/mol. The van der Waals surface area contributed by atoms with Crippen LogP contribution in [0.5, 0.6) is 0 Å². The van der Waals surface area contributed by atoms with Crippen molar-refractivity contribution in [2.75, 3.05) is 23.7 Å². The first-order chi connectivity index (χ1) is 15.9. The van der Waals surface area contributed by atoms with Crippen molar-refractivity contribution in [1.29, 1.82) is 0 Å². The lowest BCUT2D eigenvalue weighted by molar-refractivity contribution is -0.140. The Kier molecular flexibility index (Phi) is 10.1. The topological polar surface area (TPSA) is 86.8 Å². The summed E-state index contributed by atoms with van der Waals surface area (Å²) in [4.78, 5) is 27.3.